The molecular weight excluding hydrogens is 374 g/mol. The Morgan fingerprint density at radius 3 is 2.35 bits per heavy atom. The van der Waals surface area contributed by atoms with E-state index < -0.39 is 10.0 Å². The van der Waals surface area contributed by atoms with E-state index >= 15 is 0 Å². The first kappa shape index (κ1) is 22.9. The molecule has 1 amide bonds. The minimum absolute atomic E-state index is 0. The van der Waals surface area contributed by atoms with Crippen molar-refractivity contribution in [2.24, 2.45) is 11.7 Å². The van der Waals surface area contributed by atoms with Crippen molar-refractivity contribution < 1.29 is 13.2 Å². The summed E-state index contributed by atoms with van der Waals surface area (Å²) < 4.78 is 26.3. The third-order valence-electron chi connectivity index (χ3n) is 4.82. The van der Waals surface area contributed by atoms with Gasteiger partial charge in [-0.1, -0.05) is 32.4 Å². The van der Waals surface area contributed by atoms with Gasteiger partial charge in [0.1, 0.15) is 0 Å². The van der Waals surface area contributed by atoms with Crippen LogP contribution in [0.4, 0.5) is 0 Å². The van der Waals surface area contributed by atoms with E-state index in [9.17, 15) is 13.2 Å². The third kappa shape index (κ3) is 5.67. The van der Waals surface area contributed by atoms with Gasteiger partial charge in [0.05, 0.1) is 4.90 Å². The molecule has 0 saturated heterocycles. The molecular formula is C18H30ClN3O3S. The summed E-state index contributed by atoms with van der Waals surface area (Å²) in [4.78, 5) is 12.5. The molecule has 0 aliphatic heterocycles. The molecule has 8 heteroatoms. The van der Waals surface area contributed by atoms with Crippen molar-refractivity contribution >= 4 is 28.3 Å². The SMILES string of the molecule is CCN(CC)S(=O)(=O)c1ccc(CNC(=O)C2CCCC(N)C2)cc1.Cl. The number of hydrogen-bond acceptors (Lipinski definition) is 4. The zero-order valence-corrected chi connectivity index (χ0v) is 17.1. The lowest BCUT2D eigenvalue weighted by Crippen LogP contribution is -2.37. The average Bonchev–Trinajstić information content (AvgIpc) is 2.61. The molecule has 3 N–H and O–H groups in total. The van der Waals surface area contributed by atoms with E-state index in [0.717, 1.165) is 31.2 Å². The first-order chi connectivity index (χ1) is 11.9. The highest BCUT2D eigenvalue weighted by molar-refractivity contribution is 7.89. The molecule has 1 fully saturated rings. The number of amides is 1. The predicted molar refractivity (Wildman–Crippen MR) is 106 cm³/mol. The smallest absolute Gasteiger partial charge is 0.243 e. The average molecular weight is 404 g/mol. The van der Waals surface area contributed by atoms with Crippen molar-refractivity contribution in [1.82, 2.24) is 9.62 Å². The van der Waals surface area contributed by atoms with Crippen molar-refractivity contribution in [1.29, 1.82) is 0 Å². The maximum absolute atomic E-state index is 12.5. The van der Waals surface area contributed by atoms with Gasteiger partial charge in [0.25, 0.3) is 0 Å². The number of hydrogen-bond donors (Lipinski definition) is 2. The summed E-state index contributed by atoms with van der Waals surface area (Å²) in [5.74, 6) is 0.0288. The number of nitrogens with one attached hydrogen (secondary N) is 1. The Hall–Kier alpha value is -1.15. The molecule has 1 saturated carbocycles. The van der Waals surface area contributed by atoms with Crippen LogP contribution in [0.25, 0.3) is 0 Å². The van der Waals surface area contributed by atoms with Crippen molar-refractivity contribution in [2.75, 3.05) is 13.1 Å². The van der Waals surface area contributed by atoms with Crippen molar-refractivity contribution in [3.63, 3.8) is 0 Å². The quantitative estimate of drug-likeness (QED) is 0.730. The third-order valence-corrected chi connectivity index (χ3v) is 6.88. The zero-order chi connectivity index (χ0) is 18.4. The second kappa shape index (κ2) is 10.3. The number of rotatable bonds is 7. The summed E-state index contributed by atoms with van der Waals surface area (Å²) in [5.41, 5.74) is 6.82. The molecule has 6 nitrogen and oxygen atoms in total. The van der Waals surface area contributed by atoms with Gasteiger partial charge in [-0.15, -0.1) is 12.4 Å². The first-order valence-corrected chi connectivity index (χ1v) is 10.4. The lowest BCUT2D eigenvalue weighted by molar-refractivity contribution is -0.126. The molecule has 1 aromatic rings. The highest BCUT2D eigenvalue weighted by Gasteiger charge is 2.25. The topological polar surface area (TPSA) is 92.5 Å². The number of benzene rings is 1. The molecule has 1 aliphatic carbocycles. The number of nitrogens with zero attached hydrogens (tertiary/aromatic N) is 1. The minimum Gasteiger partial charge on any atom is -0.352 e. The molecule has 0 aromatic heterocycles. The Labute approximate surface area is 163 Å². The molecule has 2 unspecified atom stereocenters. The monoisotopic (exact) mass is 403 g/mol. The van der Waals surface area contributed by atoms with Crippen LogP contribution in [-0.4, -0.2) is 37.8 Å². The Kier molecular flexibility index (Phi) is 9.03. The van der Waals surface area contributed by atoms with Gasteiger partial charge in [-0.3, -0.25) is 4.79 Å². The Bertz CT molecular complexity index is 675. The molecule has 2 rings (SSSR count). The van der Waals surface area contributed by atoms with Crippen LogP contribution in [0.2, 0.25) is 0 Å². The number of sulfonamides is 1. The van der Waals surface area contributed by atoms with E-state index in [1.54, 1.807) is 24.3 Å². The molecule has 0 spiro atoms. The number of halogens is 1. The van der Waals surface area contributed by atoms with Crippen LogP contribution in [0, 0.1) is 5.92 Å². The van der Waals surface area contributed by atoms with Crippen molar-refractivity contribution in [3.05, 3.63) is 29.8 Å². The largest absolute Gasteiger partial charge is 0.352 e. The van der Waals surface area contributed by atoms with E-state index in [1.165, 1.54) is 4.31 Å². The van der Waals surface area contributed by atoms with E-state index in [2.05, 4.69) is 5.32 Å². The summed E-state index contributed by atoms with van der Waals surface area (Å²) in [6.07, 6.45) is 3.62. The van der Waals surface area contributed by atoms with Gasteiger partial charge in [-0.25, -0.2) is 8.42 Å². The molecule has 1 aliphatic rings. The van der Waals surface area contributed by atoms with Crippen molar-refractivity contribution in [3.8, 4) is 0 Å². The second-order valence-electron chi connectivity index (χ2n) is 6.57. The Balaban J connectivity index is 0.00000338. The van der Waals surface area contributed by atoms with Crippen LogP contribution < -0.4 is 11.1 Å². The molecule has 148 valence electrons. The molecule has 0 heterocycles. The summed E-state index contributed by atoms with van der Waals surface area (Å²) in [5, 5.41) is 2.94. The molecule has 0 radical (unpaired) electrons. The standard InChI is InChI=1S/C18H29N3O3S.ClH/c1-3-21(4-2)25(23,24)17-10-8-14(9-11-17)13-20-18(22)15-6-5-7-16(19)12-15;/h8-11,15-16H,3-7,12-13,19H2,1-2H3,(H,20,22);1H. The molecule has 26 heavy (non-hydrogen) atoms. The molecule has 2 atom stereocenters. The van der Waals surface area contributed by atoms with Gasteiger partial charge in [0, 0.05) is 31.6 Å². The fourth-order valence-electron chi connectivity index (χ4n) is 3.29. The van der Waals surface area contributed by atoms with Gasteiger partial charge >= 0.3 is 0 Å². The molecule has 1 aromatic carbocycles. The van der Waals surface area contributed by atoms with Crippen LogP contribution >= 0.6 is 12.4 Å². The van der Waals surface area contributed by atoms with E-state index in [-0.39, 0.29) is 35.2 Å². The van der Waals surface area contributed by atoms with E-state index in [4.69, 9.17) is 5.73 Å². The van der Waals surface area contributed by atoms with Gasteiger partial charge in [0.2, 0.25) is 15.9 Å². The van der Waals surface area contributed by atoms with Gasteiger partial charge in [0.15, 0.2) is 0 Å². The highest BCUT2D eigenvalue weighted by atomic mass is 35.5. The maximum Gasteiger partial charge on any atom is 0.243 e. The van der Waals surface area contributed by atoms with Crippen LogP contribution in [0.5, 0.6) is 0 Å². The number of carbonyl (C=O) groups excluding carboxylic acids is 1. The first-order valence-electron chi connectivity index (χ1n) is 9.00. The van der Waals surface area contributed by atoms with E-state index in [0.29, 0.717) is 19.6 Å². The summed E-state index contributed by atoms with van der Waals surface area (Å²) in [6, 6.07) is 6.83. The fraction of sp³-hybridized carbons (Fsp3) is 0.611. The van der Waals surface area contributed by atoms with E-state index in [1.807, 2.05) is 13.8 Å². The lowest BCUT2D eigenvalue weighted by Gasteiger charge is -2.25. The molecule has 0 bridgehead atoms. The Morgan fingerprint density at radius 2 is 1.81 bits per heavy atom. The number of nitrogens with two attached hydrogens (primary N) is 1. The maximum atomic E-state index is 12.5. The van der Waals surface area contributed by atoms with Crippen LogP contribution in [0.3, 0.4) is 0 Å². The summed E-state index contributed by atoms with van der Waals surface area (Å²) >= 11 is 0. The summed E-state index contributed by atoms with van der Waals surface area (Å²) in [7, 11) is -3.44. The van der Waals surface area contributed by atoms with Crippen LogP contribution in [0.1, 0.15) is 45.1 Å². The van der Waals surface area contributed by atoms with Gasteiger partial charge in [-0.05, 0) is 37.0 Å². The lowest BCUT2D eigenvalue weighted by atomic mass is 9.85. The van der Waals surface area contributed by atoms with Gasteiger partial charge in [-0.2, -0.15) is 4.31 Å². The zero-order valence-electron chi connectivity index (χ0n) is 15.5. The normalized spacial score (nSPS) is 20.5. The van der Waals surface area contributed by atoms with Gasteiger partial charge < -0.3 is 11.1 Å². The second-order valence-corrected chi connectivity index (χ2v) is 8.51. The number of carbonyl (C=O) groups is 1. The Morgan fingerprint density at radius 1 is 1.19 bits per heavy atom. The van der Waals surface area contributed by atoms with Crippen LogP contribution in [0.15, 0.2) is 29.2 Å². The highest BCUT2D eigenvalue weighted by Crippen LogP contribution is 2.23. The minimum atomic E-state index is -3.44. The summed E-state index contributed by atoms with van der Waals surface area (Å²) in [6.45, 7) is 4.93. The van der Waals surface area contributed by atoms with Crippen LogP contribution in [-0.2, 0) is 21.4 Å². The fourth-order valence-corrected chi connectivity index (χ4v) is 4.75. The predicted octanol–water partition coefficient (Wildman–Crippen LogP) is 2.27. The van der Waals surface area contributed by atoms with Crippen molar-refractivity contribution in [2.45, 2.75) is 57.0 Å².